The zero-order valence-corrected chi connectivity index (χ0v) is 4.92. The summed E-state index contributed by atoms with van der Waals surface area (Å²) in [6.07, 6.45) is 0. The summed E-state index contributed by atoms with van der Waals surface area (Å²) in [5.74, 6) is -1.09. The first-order chi connectivity index (χ1) is 4.18. The Bertz CT molecular complexity index is 121. The van der Waals surface area contributed by atoms with Crippen molar-refractivity contribution >= 4 is 5.97 Å². The first-order valence-electron chi connectivity index (χ1n) is 2.45. The van der Waals surface area contributed by atoms with Crippen LogP contribution in [0.5, 0.6) is 0 Å². The Morgan fingerprint density at radius 3 is 2.56 bits per heavy atom. The van der Waals surface area contributed by atoms with Gasteiger partial charge < -0.3 is 15.5 Å². The SMILES string of the molecule is C=C(NCCO)C(=O)O. The highest BCUT2D eigenvalue weighted by molar-refractivity contribution is 5.84. The van der Waals surface area contributed by atoms with Crippen LogP contribution in [0.4, 0.5) is 0 Å². The summed E-state index contributed by atoms with van der Waals surface area (Å²) in [5.41, 5.74) is -0.0935. The maximum atomic E-state index is 9.96. The van der Waals surface area contributed by atoms with Crippen molar-refractivity contribution in [2.24, 2.45) is 0 Å². The largest absolute Gasteiger partial charge is 0.477 e. The molecule has 0 bridgehead atoms. The first-order valence-corrected chi connectivity index (χ1v) is 2.45. The lowest BCUT2D eigenvalue weighted by molar-refractivity contribution is -0.133. The molecule has 0 heterocycles. The number of aliphatic carboxylic acids is 1. The van der Waals surface area contributed by atoms with E-state index in [-0.39, 0.29) is 18.8 Å². The van der Waals surface area contributed by atoms with Gasteiger partial charge in [-0.1, -0.05) is 6.58 Å². The van der Waals surface area contributed by atoms with Crippen LogP contribution >= 0.6 is 0 Å². The highest BCUT2D eigenvalue weighted by Crippen LogP contribution is 1.79. The molecule has 0 atom stereocenters. The normalized spacial score (nSPS) is 8.56. The molecular weight excluding hydrogens is 122 g/mol. The second-order valence-corrected chi connectivity index (χ2v) is 1.43. The van der Waals surface area contributed by atoms with Crippen molar-refractivity contribution in [3.05, 3.63) is 12.3 Å². The molecule has 0 aliphatic rings. The Morgan fingerprint density at radius 2 is 2.22 bits per heavy atom. The summed E-state index contributed by atoms with van der Waals surface area (Å²) in [4.78, 5) is 9.96. The van der Waals surface area contributed by atoms with Crippen molar-refractivity contribution in [1.29, 1.82) is 0 Å². The molecule has 4 nitrogen and oxygen atoms in total. The molecule has 0 aliphatic heterocycles. The Kier molecular flexibility index (Phi) is 3.46. The summed E-state index contributed by atoms with van der Waals surface area (Å²) in [5, 5.41) is 18.8. The second-order valence-electron chi connectivity index (χ2n) is 1.43. The zero-order valence-electron chi connectivity index (χ0n) is 4.92. The van der Waals surface area contributed by atoms with Gasteiger partial charge in [-0.25, -0.2) is 4.79 Å². The molecule has 0 aromatic rings. The maximum Gasteiger partial charge on any atom is 0.351 e. The molecule has 0 aliphatic carbocycles. The number of carboxylic acids is 1. The van der Waals surface area contributed by atoms with E-state index in [9.17, 15) is 4.79 Å². The van der Waals surface area contributed by atoms with Gasteiger partial charge in [0.1, 0.15) is 5.70 Å². The average molecular weight is 131 g/mol. The van der Waals surface area contributed by atoms with Crippen LogP contribution in [0.2, 0.25) is 0 Å². The van der Waals surface area contributed by atoms with Crippen molar-refractivity contribution in [2.75, 3.05) is 13.2 Å². The van der Waals surface area contributed by atoms with E-state index < -0.39 is 5.97 Å². The van der Waals surface area contributed by atoms with Gasteiger partial charge in [-0.15, -0.1) is 0 Å². The van der Waals surface area contributed by atoms with E-state index >= 15 is 0 Å². The van der Waals surface area contributed by atoms with Crippen LogP contribution in [0, 0.1) is 0 Å². The highest BCUT2D eigenvalue weighted by Gasteiger charge is 1.99. The predicted octanol–water partition coefficient (Wildman–Crippen LogP) is -0.833. The molecule has 0 rings (SSSR count). The Labute approximate surface area is 52.8 Å². The fourth-order valence-electron chi connectivity index (χ4n) is 0.282. The first kappa shape index (κ1) is 7.97. The molecule has 3 N–H and O–H groups in total. The van der Waals surface area contributed by atoms with E-state index in [1.807, 2.05) is 0 Å². The molecule has 0 amide bonds. The third-order valence-electron chi connectivity index (χ3n) is 0.708. The van der Waals surface area contributed by atoms with E-state index in [1.54, 1.807) is 0 Å². The molecular formula is C5H9NO3. The number of carboxylic acid groups (broad SMARTS) is 1. The molecule has 0 aromatic heterocycles. The Hall–Kier alpha value is -1.03. The van der Waals surface area contributed by atoms with E-state index in [2.05, 4.69) is 11.9 Å². The van der Waals surface area contributed by atoms with Crippen molar-refractivity contribution in [2.45, 2.75) is 0 Å². The maximum absolute atomic E-state index is 9.96. The third kappa shape index (κ3) is 3.54. The lowest BCUT2D eigenvalue weighted by Gasteiger charge is -2.00. The standard InChI is InChI=1S/C5H9NO3/c1-4(5(8)9)6-2-3-7/h6-7H,1-3H2,(H,8,9). The topological polar surface area (TPSA) is 69.6 Å². The van der Waals surface area contributed by atoms with Gasteiger partial charge in [0, 0.05) is 6.54 Å². The quantitative estimate of drug-likeness (QED) is 0.435. The number of hydrogen-bond donors (Lipinski definition) is 3. The number of aliphatic hydroxyl groups is 1. The summed E-state index contributed by atoms with van der Waals surface area (Å²) < 4.78 is 0. The lowest BCUT2D eigenvalue weighted by atomic mass is 10.5. The number of aliphatic hydroxyl groups excluding tert-OH is 1. The molecule has 0 saturated carbocycles. The lowest BCUT2D eigenvalue weighted by Crippen LogP contribution is -2.22. The van der Waals surface area contributed by atoms with Gasteiger partial charge in [0.25, 0.3) is 0 Å². The van der Waals surface area contributed by atoms with E-state index in [0.717, 1.165) is 0 Å². The van der Waals surface area contributed by atoms with Gasteiger partial charge in [0.05, 0.1) is 6.61 Å². The van der Waals surface area contributed by atoms with Gasteiger partial charge in [0.2, 0.25) is 0 Å². The van der Waals surface area contributed by atoms with Crippen molar-refractivity contribution < 1.29 is 15.0 Å². The second kappa shape index (κ2) is 3.91. The zero-order chi connectivity index (χ0) is 7.28. The summed E-state index contributed by atoms with van der Waals surface area (Å²) in [6.45, 7) is 3.31. The van der Waals surface area contributed by atoms with E-state index in [1.165, 1.54) is 0 Å². The molecule has 0 spiro atoms. The van der Waals surface area contributed by atoms with Gasteiger partial charge in [0.15, 0.2) is 0 Å². The number of hydrogen-bond acceptors (Lipinski definition) is 3. The smallest absolute Gasteiger partial charge is 0.351 e. The van der Waals surface area contributed by atoms with E-state index in [0.29, 0.717) is 0 Å². The Morgan fingerprint density at radius 1 is 1.67 bits per heavy atom. The minimum Gasteiger partial charge on any atom is -0.477 e. The molecule has 0 saturated heterocycles. The van der Waals surface area contributed by atoms with Crippen LogP contribution in [0.3, 0.4) is 0 Å². The Balaban J connectivity index is 3.39. The monoisotopic (exact) mass is 131 g/mol. The summed E-state index contributed by atoms with van der Waals surface area (Å²) >= 11 is 0. The molecule has 52 valence electrons. The predicted molar refractivity (Wildman–Crippen MR) is 31.9 cm³/mol. The molecule has 0 unspecified atom stereocenters. The van der Waals surface area contributed by atoms with Crippen LogP contribution in [0.15, 0.2) is 12.3 Å². The van der Waals surface area contributed by atoms with E-state index in [4.69, 9.17) is 10.2 Å². The summed E-state index contributed by atoms with van der Waals surface area (Å²) in [6, 6.07) is 0. The van der Waals surface area contributed by atoms with Crippen molar-refractivity contribution in [3.8, 4) is 0 Å². The minimum atomic E-state index is -1.09. The minimum absolute atomic E-state index is 0.0910. The van der Waals surface area contributed by atoms with Gasteiger partial charge in [-0.05, 0) is 0 Å². The molecule has 0 aromatic carbocycles. The summed E-state index contributed by atoms with van der Waals surface area (Å²) in [7, 11) is 0. The van der Waals surface area contributed by atoms with Crippen LogP contribution in [-0.2, 0) is 4.79 Å². The molecule has 0 radical (unpaired) electrons. The average Bonchev–Trinajstić information content (AvgIpc) is 1.82. The third-order valence-corrected chi connectivity index (χ3v) is 0.708. The molecule has 0 fully saturated rings. The van der Waals surface area contributed by atoms with Crippen molar-refractivity contribution in [3.63, 3.8) is 0 Å². The number of rotatable bonds is 4. The molecule has 4 heteroatoms. The van der Waals surface area contributed by atoms with Crippen LogP contribution in [0.25, 0.3) is 0 Å². The van der Waals surface area contributed by atoms with Crippen LogP contribution in [-0.4, -0.2) is 29.3 Å². The van der Waals surface area contributed by atoms with Crippen LogP contribution < -0.4 is 5.32 Å². The van der Waals surface area contributed by atoms with Gasteiger partial charge >= 0.3 is 5.97 Å². The number of nitrogens with one attached hydrogen (secondary N) is 1. The highest BCUT2D eigenvalue weighted by atomic mass is 16.4. The fraction of sp³-hybridized carbons (Fsp3) is 0.400. The van der Waals surface area contributed by atoms with Crippen LogP contribution in [0.1, 0.15) is 0 Å². The number of carbonyl (C=O) groups is 1. The van der Waals surface area contributed by atoms with Gasteiger partial charge in [-0.2, -0.15) is 0 Å². The van der Waals surface area contributed by atoms with Crippen molar-refractivity contribution in [1.82, 2.24) is 5.32 Å². The van der Waals surface area contributed by atoms with Gasteiger partial charge in [-0.3, -0.25) is 0 Å². The fourth-order valence-corrected chi connectivity index (χ4v) is 0.282. The molecule has 9 heavy (non-hydrogen) atoms.